The largest absolute Gasteiger partial charge is 0.478 e. The molecule has 0 saturated carbocycles. The van der Waals surface area contributed by atoms with E-state index in [1.165, 1.54) is 0 Å². The Morgan fingerprint density at radius 2 is 2.10 bits per heavy atom. The van der Waals surface area contributed by atoms with E-state index < -0.39 is 5.97 Å². The lowest BCUT2D eigenvalue weighted by Crippen LogP contribution is -2.01. The number of pyridine rings is 2. The second-order valence-corrected chi connectivity index (χ2v) is 5.16. The fourth-order valence-corrected chi connectivity index (χ4v) is 2.57. The topological polar surface area (TPSA) is 63.1 Å². The van der Waals surface area contributed by atoms with E-state index in [2.05, 4.69) is 9.97 Å². The van der Waals surface area contributed by atoms with E-state index in [1.54, 1.807) is 36.7 Å². The van der Waals surface area contributed by atoms with E-state index in [-0.39, 0.29) is 5.56 Å². The quantitative estimate of drug-likeness (QED) is 0.778. The van der Waals surface area contributed by atoms with Crippen molar-refractivity contribution in [2.24, 2.45) is 0 Å². The third-order valence-electron chi connectivity index (χ3n) is 3.26. The molecule has 0 radical (unpaired) electrons. The minimum atomic E-state index is -1.01. The Hall–Kier alpha value is -2.46. The summed E-state index contributed by atoms with van der Waals surface area (Å²) in [6.07, 6.45) is 3.32. The highest BCUT2D eigenvalue weighted by Crippen LogP contribution is 2.29. The van der Waals surface area contributed by atoms with Crippen LogP contribution in [0.15, 0.2) is 42.7 Å². The highest BCUT2D eigenvalue weighted by molar-refractivity contribution is 6.31. The Balaban J connectivity index is 2.38. The standard InChI is InChI=1S/C16H11ClN2O2/c1-9-5-11(17)6-12-13(16(20)21)7-14(19-15(9)12)10-3-2-4-18-8-10/h2-8H,1H3,(H,20,21). The molecule has 0 spiro atoms. The Labute approximate surface area is 126 Å². The van der Waals surface area contributed by atoms with Crippen molar-refractivity contribution in [3.8, 4) is 11.3 Å². The average molecular weight is 299 g/mol. The molecule has 0 amide bonds. The van der Waals surface area contributed by atoms with Gasteiger partial charge in [0.05, 0.1) is 16.8 Å². The van der Waals surface area contributed by atoms with Gasteiger partial charge >= 0.3 is 5.97 Å². The van der Waals surface area contributed by atoms with Gasteiger partial charge in [-0.3, -0.25) is 4.98 Å². The van der Waals surface area contributed by atoms with Crippen LogP contribution in [0.5, 0.6) is 0 Å². The molecule has 1 N–H and O–H groups in total. The summed E-state index contributed by atoms with van der Waals surface area (Å²) in [6, 6.07) is 8.59. The number of hydrogen-bond donors (Lipinski definition) is 1. The van der Waals surface area contributed by atoms with E-state index in [0.717, 1.165) is 11.1 Å². The van der Waals surface area contributed by atoms with Crippen LogP contribution in [0.3, 0.4) is 0 Å². The Kier molecular flexibility index (Phi) is 3.31. The molecule has 3 aromatic rings. The summed E-state index contributed by atoms with van der Waals surface area (Å²) in [6.45, 7) is 1.86. The summed E-state index contributed by atoms with van der Waals surface area (Å²) < 4.78 is 0. The number of fused-ring (bicyclic) bond motifs is 1. The third kappa shape index (κ3) is 2.45. The van der Waals surface area contributed by atoms with Crippen molar-refractivity contribution in [2.45, 2.75) is 6.92 Å². The molecule has 0 saturated heterocycles. The molecular formula is C16H11ClN2O2. The number of aryl methyl sites for hydroxylation is 1. The zero-order chi connectivity index (χ0) is 15.0. The van der Waals surface area contributed by atoms with Crippen molar-refractivity contribution in [3.05, 3.63) is 58.9 Å². The molecule has 0 fully saturated rings. The normalized spacial score (nSPS) is 10.8. The molecule has 2 heterocycles. The number of aromatic nitrogens is 2. The van der Waals surface area contributed by atoms with Crippen LogP contribution in [0.1, 0.15) is 15.9 Å². The number of halogens is 1. The highest BCUT2D eigenvalue weighted by Gasteiger charge is 2.15. The van der Waals surface area contributed by atoms with Gasteiger partial charge in [0.1, 0.15) is 0 Å². The molecule has 0 aliphatic carbocycles. The minimum absolute atomic E-state index is 0.185. The molecule has 5 heteroatoms. The lowest BCUT2D eigenvalue weighted by molar-refractivity contribution is 0.0699. The van der Waals surface area contributed by atoms with Gasteiger partial charge in [-0.25, -0.2) is 9.78 Å². The van der Waals surface area contributed by atoms with Crippen molar-refractivity contribution in [1.29, 1.82) is 0 Å². The van der Waals surface area contributed by atoms with Crippen molar-refractivity contribution in [1.82, 2.24) is 9.97 Å². The van der Waals surface area contributed by atoms with E-state index >= 15 is 0 Å². The molecule has 0 atom stereocenters. The van der Waals surface area contributed by atoms with Crippen LogP contribution in [0.2, 0.25) is 5.02 Å². The second-order valence-electron chi connectivity index (χ2n) is 4.72. The number of carboxylic acids is 1. The van der Waals surface area contributed by atoms with Crippen LogP contribution in [-0.2, 0) is 0 Å². The van der Waals surface area contributed by atoms with Crippen LogP contribution < -0.4 is 0 Å². The molecule has 2 aromatic heterocycles. The number of carboxylic acid groups (broad SMARTS) is 1. The van der Waals surface area contributed by atoms with Crippen LogP contribution in [0, 0.1) is 6.92 Å². The third-order valence-corrected chi connectivity index (χ3v) is 3.47. The fourth-order valence-electron chi connectivity index (χ4n) is 2.30. The number of carbonyl (C=O) groups is 1. The summed E-state index contributed by atoms with van der Waals surface area (Å²) in [5.41, 5.74) is 3.02. The van der Waals surface area contributed by atoms with E-state index in [4.69, 9.17) is 11.6 Å². The zero-order valence-corrected chi connectivity index (χ0v) is 11.9. The molecule has 104 valence electrons. The summed E-state index contributed by atoms with van der Waals surface area (Å²) >= 11 is 6.03. The smallest absolute Gasteiger partial charge is 0.336 e. The molecule has 0 bridgehead atoms. The van der Waals surface area contributed by atoms with Crippen LogP contribution >= 0.6 is 11.6 Å². The molecule has 0 unspecified atom stereocenters. The molecule has 21 heavy (non-hydrogen) atoms. The maximum absolute atomic E-state index is 11.5. The summed E-state index contributed by atoms with van der Waals surface area (Å²) in [5.74, 6) is -1.01. The molecule has 3 rings (SSSR count). The lowest BCUT2D eigenvalue weighted by Gasteiger charge is -2.09. The van der Waals surface area contributed by atoms with Crippen LogP contribution in [0.25, 0.3) is 22.2 Å². The van der Waals surface area contributed by atoms with Crippen molar-refractivity contribution in [2.75, 3.05) is 0 Å². The van der Waals surface area contributed by atoms with Gasteiger partial charge in [0.25, 0.3) is 0 Å². The van der Waals surface area contributed by atoms with Crippen LogP contribution in [0.4, 0.5) is 0 Å². The SMILES string of the molecule is Cc1cc(Cl)cc2c(C(=O)O)cc(-c3cccnc3)nc12. The summed E-state index contributed by atoms with van der Waals surface area (Å²) in [4.78, 5) is 20.1. The molecule has 0 aliphatic heterocycles. The predicted octanol–water partition coefficient (Wildman–Crippen LogP) is 3.96. The number of nitrogens with zero attached hydrogens (tertiary/aromatic N) is 2. The van der Waals surface area contributed by atoms with Gasteiger partial charge in [-0.15, -0.1) is 0 Å². The van der Waals surface area contributed by atoms with Gasteiger partial charge in [-0.1, -0.05) is 11.6 Å². The number of aromatic carboxylic acids is 1. The first-order chi connectivity index (χ1) is 10.1. The Morgan fingerprint density at radius 1 is 1.29 bits per heavy atom. The maximum atomic E-state index is 11.5. The Morgan fingerprint density at radius 3 is 2.76 bits per heavy atom. The van der Waals surface area contributed by atoms with Gasteiger partial charge in [0, 0.05) is 28.4 Å². The monoisotopic (exact) mass is 298 g/mol. The fraction of sp³-hybridized carbons (Fsp3) is 0.0625. The summed E-state index contributed by atoms with van der Waals surface area (Å²) in [5, 5.41) is 10.5. The van der Waals surface area contributed by atoms with Gasteiger partial charge in [0.15, 0.2) is 0 Å². The van der Waals surface area contributed by atoms with Gasteiger partial charge in [0.2, 0.25) is 0 Å². The Bertz CT molecular complexity index is 848. The second kappa shape index (κ2) is 5.14. The van der Waals surface area contributed by atoms with E-state index in [0.29, 0.717) is 21.6 Å². The zero-order valence-electron chi connectivity index (χ0n) is 11.2. The molecule has 0 aliphatic rings. The number of hydrogen-bond acceptors (Lipinski definition) is 3. The summed E-state index contributed by atoms with van der Waals surface area (Å²) in [7, 11) is 0. The highest BCUT2D eigenvalue weighted by atomic mass is 35.5. The predicted molar refractivity (Wildman–Crippen MR) is 81.7 cm³/mol. The maximum Gasteiger partial charge on any atom is 0.336 e. The number of rotatable bonds is 2. The molecule has 1 aromatic carbocycles. The van der Waals surface area contributed by atoms with Gasteiger partial charge in [-0.2, -0.15) is 0 Å². The molecular weight excluding hydrogens is 288 g/mol. The van der Waals surface area contributed by atoms with Crippen molar-refractivity contribution in [3.63, 3.8) is 0 Å². The molecule has 4 nitrogen and oxygen atoms in total. The van der Waals surface area contributed by atoms with Gasteiger partial charge < -0.3 is 5.11 Å². The van der Waals surface area contributed by atoms with Crippen molar-refractivity contribution < 1.29 is 9.90 Å². The van der Waals surface area contributed by atoms with Gasteiger partial charge in [-0.05, 0) is 42.8 Å². The number of benzene rings is 1. The first-order valence-electron chi connectivity index (χ1n) is 6.31. The van der Waals surface area contributed by atoms with E-state index in [1.807, 2.05) is 13.0 Å². The average Bonchev–Trinajstić information content (AvgIpc) is 2.47. The first-order valence-corrected chi connectivity index (χ1v) is 6.68. The first kappa shape index (κ1) is 13.5. The van der Waals surface area contributed by atoms with Crippen molar-refractivity contribution >= 4 is 28.5 Å². The lowest BCUT2D eigenvalue weighted by atomic mass is 10.0. The van der Waals surface area contributed by atoms with Crippen LogP contribution in [-0.4, -0.2) is 21.0 Å². The van der Waals surface area contributed by atoms with E-state index in [9.17, 15) is 9.90 Å². The minimum Gasteiger partial charge on any atom is -0.478 e.